The first-order chi connectivity index (χ1) is 12.4. The molecule has 0 atom stereocenters. The summed E-state index contributed by atoms with van der Waals surface area (Å²) in [4.78, 5) is 4.79. The first-order valence-electron chi connectivity index (χ1n) is 9.13. The van der Waals surface area contributed by atoms with Crippen LogP contribution in [0.5, 0.6) is 0 Å². The Kier molecular flexibility index (Phi) is 5.32. The van der Waals surface area contributed by atoms with Crippen LogP contribution >= 0.6 is 15.9 Å². The minimum absolute atomic E-state index is 0.393. The van der Waals surface area contributed by atoms with E-state index in [1.165, 1.54) is 16.7 Å². The molecule has 2 heterocycles. The highest BCUT2D eigenvalue weighted by Gasteiger charge is 2.20. The molecular weight excluding hydrogens is 390 g/mol. The second kappa shape index (κ2) is 7.35. The molecule has 0 bridgehead atoms. The molecule has 0 spiro atoms. The molecule has 0 radical (unpaired) electrons. The Morgan fingerprint density at radius 2 is 1.69 bits per heavy atom. The molecule has 0 saturated heterocycles. The van der Waals surface area contributed by atoms with Crippen molar-refractivity contribution in [3.8, 4) is 5.69 Å². The van der Waals surface area contributed by atoms with Gasteiger partial charge in [0.05, 0.1) is 21.5 Å². The molecule has 3 rings (SSSR count). The smallest absolute Gasteiger partial charge is 0.186 e. The fourth-order valence-corrected chi connectivity index (χ4v) is 3.91. The van der Waals surface area contributed by atoms with Crippen molar-refractivity contribution in [3.63, 3.8) is 0 Å². The number of hydrogen-bond acceptors (Lipinski definition) is 4. The number of benzene rings is 1. The van der Waals surface area contributed by atoms with Crippen molar-refractivity contribution >= 4 is 32.8 Å². The van der Waals surface area contributed by atoms with E-state index in [0.29, 0.717) is 6.04 Å². The van der Waals surface area contributed by atoms with Gasteiger partial charge < -0.3 is 5.32 Å². The number of pyridine rings is 1. The minimum atomic E-state index is 0.393. The van der Waals surface area contributed by atoms with Gasteiger partial charge in [-0.3, -0.25) is 0 Å². The zero-order valence-electron chi connectivity index (χ0n) is 16.3. The molecule has 26 heavy (non-hydrogen) atoms. The molecule has 1 N–H and O–H groups in total. The summed E-state index contributed by atoms with van der Waals surface area (Å²) in [5.41, 5.74) is 8.14. The van der Waals surface area contributed by atoms with Gasteiger partial charge in [0.2, 0.25) is 0 Å². The number of anilines is 1. The first-order valence-corrected chi connectivity index (χ1v) is 9.92. The van der Waals surface area contributed by atoms with Gasteiger partial charge in [-0.1, -0.05) is 36.8 Å². The van der Waals surface area contributed by atoms with Gasteiger partial charge in [-0.05, 0) is 67.6 Å². The third-order valence-electron chi connectivity index (χ3n) is 4.88. The topological polar surface area (TPSA) is 55.6 Å². The van der Waals surface area contributed by atoms with Crippen LogP contribution in [0.25, 0.3) is 16.9 Å². The van der Waals surface area contributed by atoms with Gasteiger partial charge in [-0.25, -0.2) is 4.98 Å². The molecule has 1 aromatic carbocycles. The van der Waals surface area contributed by atoms with Crippen molar-refractivity contribution in [2.24, 2.45) is 0 Å². The predicted molar refractivity (Wildman–Crippen MR) is 111 cm³/mol. The molecule has 0 amide bonds. The molecule has 0 aliphatic carbocycles. The van der Waals surface area contributed by atoms with Gasteiger partial charge in [0.25, 0.3) is 0 Å². The summed E-state index contributed by atoms with van der Waals surface area (Å²) in [5.74, 6) is 0. The Morgan fingerprint density at radius 1 is 1.08 bits per heavy atom. The van der Waals surface area contributed by atoms with Crippen molar-refractivity contribution in [2.45, 2.75) is 60.4 Å². The quantitative estimate of drug-likeness (QED) is 0.604. The van der Waals surface area contributed by atoms with Gasteiger partial charge >= 0.3 is 0 Å². The van der Waals surface area contributed by atoms with E-state index in [4.69, 9.17) is 4.98 Å². The SMILES string of the molecule is CCC(CC)Nc1c(Br)c(C)nc2c1nnn2-c1c(C)cc(C)cc1C. The van der Waals surface area contributed by atoms with E-state index < -0.39 is 0 Å². The molecule has 138 valence electrons. The molecule has 5 nitrogen and oxygen atoms in total. The molecule has 0 saturated carbocycles. The van der Waals surface area contributed by atoms with Crippen molar-refractivity contribution in [2.75, 3.05) is 5.32 Å². The Balaban J connectivity index is 2.24. The molecule has 0 unspecified atom stereocenters. The lowest BCUT2D eigenvalue weighted by atomic mass is 10.1. The highest BCUT2D eigenvalue weighted by molar-refractivity contribution is 9.10. The average molecular weight is 416 g/mol. The van der Waals surface area contributed by atoms with Crippen molar-refractivity contribution in [3.05, 3.63) is 39.0 Å². The fraction of sp³-hybridized carbons (Fsp3) is 0.450. The van der Waals surface area contributed by atoms with Gasteiger partial charge in [-0.15, -0.1) is 5.10 Å². The number of halogens is 1. The maximum atomic E-state index is 4.79. The largest absolute Gasteiger partial charge is 0.379 e. The number of fused-ring (bicyclic) bond motifs is 1. The average Bonchev–Trinajstić information content (AvgIpc) is 2.98. The number of nitrogens with zero attached hydrogens (tertiary/aromatic N) is 4. The maximum absolute atomic E-state index is 4.79. The second-order valence-electron chi connectivity index (χ2n) is 6.96. The lowest BCUT2D eigenvalue weighted by Crippen LogP contribution is -2.18. The number of aryl methyl sites for hydroxylation is 4. The van der Waals surface area contributed by atoms with E-state index in [0.717, 1.165) is 45.5 Å². The monoisotopic (exact) mass is 415 g/mol. The van der Waals surface area contributed by atoms with Crippen LogP contribution in [-0.2, 0) is 0 Å². The molecule has 0 fully saturated rings. The Bertz CT molecular complexity index is 933. The number of nitrogens with one attached hydrogen (secondary N) is 1. The molecule has 6 heteroatoms. The van der Waals surface area contributed by atoms with E-state index in [-0.39, 0.29) is 0 Å². The van der Waals surface area contributed by atoms with E-state index in [1.54, 1.807) is 0 Å². The van der Waals surface area contributed by atoms with E-state index in [9.17, 15) is 0 Å². The van der Waals surface area contributed by atoms with E-state index in [1.807, 2.05) is 11.6 Å². The lowest BCUT2D eigenvalue weighted by Gasteiger charge is -2.18. The Labute approximate surface area is 163 Å². The van der Waals surface area contributed by atoms with Crippen molar-refractivity contribution < 1.29 is 0 Å². The standard InChI is InChI=1S/C20H26BrN5/c1-7-15(8-2)23-17-16(21)14(6)22-20-18(17)24-25-26(20)19-12(4)9-11(3)10-13(19)5/h9-10,15H,7-8H2,1-6H3,(H,22,23). The van der Waals surface area contributed by atoms with Crippen LogP contribution in [0.15, 0.2) is 16.6 Å². The summed E-state index contributed by atoms with van der Waals surface area (Å²) in [5, 5.41) is 12.6. The Hall–Kier alpha value is -1.95. The predicted octanol–water partition coefficient (Wildman–Crippen LogP) is 5.41. The fourth-order valence-electron chi connectivity index (χ4n) is 3.52. The van der Waals surface area contributed by atoms with E-state index >= 15 is 0 Å². The number of rotatable bonds is 5. The van der Waals surface area contributed by atoms with E-state index in [2.05, 4.69) is 78.3 Å². The maximum Gasteiger partial charge on any atom is 0.186 e. The van der Waals surface area contributed by atoms with Gasteiger partial charge in [-0.2, -0.15) is 4.68 Å². The summed E-state index contributed by atoms with van der Waals surface area (Å²) in [6.07, 6.45) is 2.10. The molecule has 0 aliphatic rings. The minimum Gasteiger partial charge on any atom is -0.379 e. The van der Waals surface area contributed by atoms with Crippen molar-refractivity contribution in [1.82, 2.24) is 20.0 Å². The summed E-state index contributed by atoms with van der Waals surface area (Å²) in [6, 6.07) is 4.74. The van der Waals surface area contributed by atoms with Crippen LogP contribution in [0.2, 0.25) is 0 Å². The third kappa shape index (κ3) is 3.22. The molecule has 2 aromatic heterocycles. The van der Waals surface area contributed by atoms with Gasteiger partial charge in [0.1, 0.15) is 0 Å². The summed E-state index contributed by atoms with van der Waals surface area (Å²) >= 11 is 3.69. The zero-order chi connectivity index (χ0) is 19.0. The van der Waals surface area contributed by atoms with Crippen LogP contribution in [0, 0.1) is 27.7 Å². The summed E-state index contributed by atoms with van der Waals surface area (Å²) in [6.45, 7) is 12.7. The lowest BCUT2D eigenvalue weighted by molar-refractivity contribution is 0.671. The number of hydrogen-bond donors (Lipinski definition) is 1. The van der Waals surface area contributed by atoms with Crippen LogP contribution in [0.1, 0.15) is 49.1 Å². The summed E-state index contributed by atoms with van der Waals surface area (Å²) < 4.78 is 2.83. The van der Waals surface area contributed by atoms with Gasteiger partial charge in [0.15, 0.2) is 11.2 Å². The number of aromatic nitrogens is 4. The van der Waals surface area contributed by atoms with Gasteiger partial charge in [0, 0.05) is 6.04 Å². The van der Waals surface area contributed by atoms with Crippen LogP contribution < -0.4 is 5.32 Å². The van der Waals surface area contributed by atoms with Crippen LogP contribution in [0.3, 0.4) is 0 Å². The Morgan fingerprint density at radius 3 is 2.27 bits per heavy atom. The van der Waals surface area contributed by atoms with Crippen LogP contribution in [0.4, 0.5) is 5.69 Å². The highest BCUT2D eigenvalue weighted by Crippen LogP contribution is 2.34. The van der Waals surface area contributed by atoms with Crippen LogP contribution in [-0.4, -0.2) is 26.0 Å². The summed E-state index contributed by atoms with van der Waals surface area (Å²) in [7, 11) is 0. The highest BCUT2D eigenvalue weighted by atomic mass is 79.9. The molecule has 0 aliphatic heterocycles. The van der Waals surface area contributed by atoms with Crippen molar-refractivity contribution in [1.29, 1.82) is 0 Å². The molecular formula is C20H26BrN5. The second-order valence-corrected chi connectivity index (χ2v) is 7.76. The molecule has 3 aromatic rings. The first kappa shape index (κ1) is 18.8. The third-order valence-corrected chi connectivity index (χ3v) is 5.85. The zero-order valence-corrected chi connectivity index (χ0v) is 17.9. The normalized spacial score (nSPS) is 11.5.